The van der Waals surface area contributed by atoms with Gasteiger partial charge in [0.2, 0.25) is 5.91 Å². The highest BCUT2D eigenvalue weighted by Crippen LogP contribution is 2.14. The second-order valence-corrected chi connectivity index (χ2v) is 5.77. The highest BCUT2D eigenvalue weighted by Gasteiger charge is 2.08. The minimum absolute atomic E-state index is 0.00515. The van der Waals surface area contributed by atoms with Crippen molar-refractivity contribution in [2.24, 2.45) is 0 Å². The first-order valence-corrected chi connectivity index (χ1v) is 8.53. The Kier molecular flexibility index (Phi) is 6.69. The van der Waals surface area contributed by atoms with Gasteiger partial charge in [-0.3, -0.25) is 9.59 Å². The van der Waals surface area contributed by atoms with Gasteiger partial charge in [-0.2, -0.15) is 0 Å². The SMILES string of the molecule is CCOc1ccc(C(=O)CSCC(=O)Nc2ccccc2)cc1. The molecule has 2 aromatic carbocycles. The Labute approximate surface area is 140 Å². The Morgan fingerprint density at radius 3 is 2.35 bits per heavy atom. The van der Waals surface area contributed by atoms with E-state index in [1.54, 1.807) is 24.3 Å². The second kappa shape index (κ2) is 9.00. The van der Waals surface area contributed by atoms with Crippen molar-refractivity contribution >= 4 is 29.1 Å². The molecule has 0 bridgehead atoms. The average molecular weight is 329 g/mol. The fourth-order valence-electron chi connectivity index (χ4n) is 1.94. The summed E-state index contributed by atoms with van der Waals surface area (Å²) in [5.74, 6) is 1.17. The van der Waals surface area contributed by atoms with E-state index in [1.165, 1.54) is 11.8 Å². The average Bonchev–Trinajstić information content (AvgIpc) is 2.56. The van der Waals surface area contributed by atoms with Crippen LogP contribution < -0.4 is 10.1 Å². The summed E-state index contributed by atoms with van der Waals surface area (Å²) in [5, 5.41) is 2.79. The van der Waals surface area contributed by atoms with Crippen molar-refractivity contribution in [1.82, 2.24) is 0 Å². The molecular weight excluding hydrogens is 310 g/mol. The summed E-state index contributed by atoms with van der Waals surface area (Å²) in [6, 6.07) is 16.3. The first kappa shape index (κ1) is 17.1. The summed E-state index contributed by atoms with van der Waals surface area (Å²) in [7, 11) is 0. The summed E-state index contributed by atoms with van der Waals surface area (Å²) in [6.45, 7) is 2.51. The number of hydrogen-bond donors (Lipinski definition) is 1. The smallest absolute Gasteiger partial charge is 0.234 e. The zero-order valence-electron chi connectivity index (χ0n) is 13.0. The van der Waals surface area contributed by atoms with E-state index < -0.39 is 0 Å². The molecule has 0 unspecified atom stereocenters. The fraction of sp³-hybridized carbons (Fsp3) is 0.222. The van der Waals surface area contributed by atoms with Gasteiger partial charge in [0.25, 0.3) is 0 Å². The van der Waals surface area contributed by atoms with Crippen molar-refractivity contribution in [3.63, 3.8) is 0 Å². The van der Waals surface area contributed by atoms with E-state index in [1.807, 2.05) is 37.3 Å². The second-order valence-electron chi connectivity index (χ2n) is 4.79. The lowest BCUT2D eigenvalue weighted by Gasteiger charge is -2.06. The molecule has 0 radical (unpaired) electrons. The molecular formula is C18H19NO3S. The van der Waals surface area contributed by atoms with Gasteiger partial charge in [0.05, 0.1) is 18.1 Å². The summed E-state index contributed by atoms with van der Waals surface area (Å²) < 4.78 is 5.34. The van der Waals surface area contributed by atoms with E-state index >= 15 is 0 Å². The van der Waals surface area contributed by atoms with Crippen LogP contribution >= 0.6 is 11.8 Å². The summed E-state index contributed by atoms with van der Waals surface area (Å²) >= 11 is 1.31. The van der Waals surface area contributed by atoms with E-state index in [0.717, 1.165) is 11.4 Å². The molecule has 0 saturated heterocycles. The molecule has 0 aliphatic heterocycles. The van der Waals surface area contributed by atoms with Crippen LogP contribution in [0, 0.1) is 0 Å². The number of rotatable bonds is 8. The quantitative estimate of drug-likeness (QED) is 0.751. The van der Waals surface area contributed by atoms with E-state index in [9.17, 15) is 9.59 Å². The van der Waals surface area contributed by atoms with Crippen LogP contribution in [-0.2, 0) is 4.79 Å². The zero-order valence-corrected chi connectivity index (χ0v) is 13.8. The predicted molar refractivity (Wildman–Crippen MR) is 94.3 cm³/mol. The molecule has 120 valence electrons. The van der Waals surface area contributed by atoms with Crippen molar-refractivity contribution < 1.29 is 14.3 Å². The molecule has 0 aliphatic rings. The largest absolute Gasteiger partial charge is 0.494 e. The molecule has 23 heavy (non-hydrogen) atoms. The molecule has 0 saturated carbocycles. The van der Waals surface area contributed by atoms with Crippen molar-refractivity contribution in [3.8, 4) is 5.75 Å². The number of amides is 1. The number of para-hydroxylation sites is 1. The van der Waals surface area contributed by atoms with E-state index in [-0.39, 0.29) is 23.2 Å². The Morgan fingerprint density at radius 2 is 1.70 bits per heavy atom. The van der Waals surface area contributed by atoms with E-state index in [2.05, 4.69) is 5.32 Å². The monoisotopic (exact) mass is 329 g/mol. The Morgan fingerprint density at radius 1 is 1.00 bits per heavy atom. The van der Waals surface area contributed by atoms with Crippen molar-refractivity contribution in [2.75, 3.05) is 23.4 Å². The van der Waals surface area contributed by atoms with Crippen LogP contribution in [0.25, 0.3) is 0 Å². The molecule has 0 fully saturated rings. The third-order valence-corrected chi connectivity index (χ3v) is 3.94. The molecule has 1 N–H and O–H groups in total. The number of ketones is 1. The van der Waals surface area contributed by atoms with Crippen molar-refractivity contribution in [1.29, 1.82) is 0 Å². The molecule has 1 amide bonds. The number of benzene rings is 2. The van der Waals surface area contributed by atoms with E-state index in [0.29, 0.717) is 12.2 Å². The third kappa shape index (κ3) is 5.79. The fourth-order valence-corrected chi connectivity index (χ4v) is 2.65. The van der Waals surface area contributed by atoms with Gasteiger partial charge in [-0.05, 0) is 43.3 Å². The van der Waals surface area contributed by atoms with Gasteiger partial charge in [-0.15, -0.1) is 11.8 Å². The molecule has 4 nitrogen and oxygen atoms in total. The van der Waals surface area contributed by atoms with Crippen LogP contribution in [0.4, 0.5) is 5.69 Å². The van der Waals surface area contributed by atoms with Gasteiger partial charge in [-0.25, -0.2) is 0 Å². The lowest BCUT2D eigenvalue weighted by Crippen LogP contribution is -2.15. The van der Waals surface area contributed by atoms with Crippen LogP contribution in [0.15, 0.2) is 54.6 Å². The first-order chi connectivity index (χ1) is 11.2. The molecule has 0 aromatic heterocycles. The van der Waals surface area contributed by atoms with Crippen LogP contribution in [0.3, 0.4) is 0 Å². The summed E-state index contributed by atoms with van der Waals surface area (Å²) in [6.07, 6.45) is 0. The standard InChI is InChI=1S/C18H19NO3S/c1-2-22-16-10-8-14(9-11-16)17(20)12-23-13-18(21)19-15-6-4-3-5-7-15/h3-11H,2,12-13H2,1H3,(H,19,21). The van der Waals surface area contributed by atoms with Gasteiger partial charge in [0, 0.05) is 11.3 Å². The topological polar surface area (TPSA) is 55.4 Å². The Balaban J connectivity index is 1.74. The molecule has 5 heteroatoms. The Bertz CT molecular complexity index is 641. The lowest BCUT2D eigenvalue weighted by atomic mass is 10.1. The number of Topliss-reactive ketones (excluding diaryl/α,β-unsaturated/α-hetero) is 1. The maximum Gasteiger partial charge on any atom is 0.234 e. The van der Waals surface area contributed by atoms with Crippen LogP contribution in [0.1, 0.15) is 17.3 Å². The minimum Gasteiger partial charge on any atom is -0.494 e. The number of anilines is 1. The molecule has 0 atom stereocenters. The molecule has 0 heterocycles. The van der Waals surface area contributed by atoms with Crippen LogP contribution in [0.5, 0.6) is 5.75 Å². The molecule has 2 rings (SSSR count). The van der Waals surface area contributed by atoms with Gasteiger partial charge >= 0.3 is 0 Å². The summed E-state index contributed by atoms with van der Waals surface area (Å²) in [5.41, 5.74) is 1.39. The molecule has 2 aromatic rings. The highest BCUT2D eigenvalue weighted by atomic mass is 32.2. The minimum atomic E-state index is -0.110. The van der Waals surface area contributed by atoms with Gasteiger partial charge in [-0.1, -0.05) is 18.2 Å². The van der Waals surface area contributed by atoms with Crippen molar-refractivity contribution in [3.05, 3.63) is 60.2 Å². The number of thioether (sulfide) groups is 1. The van der Waals surface area contributed by atoms with Gasteiger partial charge in [0.15, 0.2) is 5.78 Å². The maximum absolute atomic E-state index is 12.1. The number of nitrogens with one attached hydrogen (secondary N) is 1. The number of hydrogen-bond acceptors (Lipinski definition) is 4. The van der Waals surface area contributed by atoms with Crippen LogP contribution in [-0.4, -0.2) is 29.8 Å². The maximum atomic E-state index is 12.1. The molecule has 0 spiro atoms. The number of ether oxygens (including phenoxy) is 1. The van der Waals surface area contributed by atoms with E-state index in [4.69, 9.17) is 4.74 Å². The van der Waals surface area contributed by atoms with Gasteiger partial charge in [0.1, 0.15) is 5.75 Å². The number of carbonyl (C=O) groups is 2. The zero-order chi connectivity index (χ0) is 16.5. The predicted octanol–water partition coefficient (Wildman–Crippen LogP) is 3.64. The third-order valence-electron chi connectivity index (χ3n) is 3.01. The highest BCUT2D eigenvalue weighted by molar-refractivity contribution is 8.00. The first-order valence-electron chi connectivity index (χ1n) is 7.37. The van der Waals surface area contributed by atoms with Gasteiger partial charge < -0.3 is 10.1 Å². The Hall–Kier alpha value is -2.27. The number of carbonyl (C=O) groups excluding carboxylic acids is 2. The van der Waals surface area contributed by atoms with Crippen LogP contribution in [0.2, 0.25) is 0 Å². The molecule has 0 aliphatic carbocycles. The normalized spacial score (nSPS) is 10.1. The lowest BCUT2D eigenvalue weighted by molar-refractivity contribution is -0.113. The van der Waals surface area contributed by atoms with Crippen molar-refractivity contribution in [2.45, 2.75) is 6.92 Å². The summed E-state index contributed by atoms with van der Waals surface area (Å²) in [4.78, 5) is 23.8.